The molecule has 0 spiro atoms. The van der Waals surface area contributed by atoms with Crippen LogP contribution in [0.2, 0.25) is 0 Å². The third kappa shape index (κ3) is 10.9. The van der Waals surface area contributed by atoms with Crippen molar-refractivity contribution in [2.75, 3.05) is 70.9 Å². The predicted molar refractivity (Wildman–Crippen MR) is 224 cm³/mol. The van der Waals surface area contributed by atoms with E-state index in [2.05, 4.69) is 15.6 Å². The number of ether oxygens (including phenoxy) is 5. The maximum absolute atomic E-state index is 13.5. The Labute approximate surface area is 370 Å². The molecular formula is C45H47F2N5O13. The quantitative estimate of drug-likeness (QED) is 0.0364. The number of amides is 6. The first-order valence-corrected chi connectivity index (χ1v) is 21.1. The minimum absolute atomic E-state index is 0.0259. The Balaban J connectivity index is 0.717. The minimum Gasteiger partial charge on any atom is -0.490 e. The second-order valence-electron chi connectivity index (χ2n) is 15.4. The zero-order chi connectivity index (χ0) is 46.1. The molecule has 2 atom stereocenters. The third-order valence-corrected chi connectivity index (χ3v) is 11.0. The van der Waals surface area contributed by atoms with Crippen molar-refractivity contribution in [1.29, 1.82) is 0 Å². The molecule has 4 heterocycles. The number of anilines is 1. The van der Waals surface area contributed by atoms with Gasteiger partial charge in [0.25, 0.3) is 23.6 Å². The van der Waals surface area contributed by atoms with Crippen molar-refractivity contribution < 1.29 is 71.1 Å². The van der Waals surface area contributed by atoms with Crippen LogP contribution >= 0.6 is 0 Å². The van der Waals surface area contributed by atoms with Gasteiger partial charge in [0.1, 0.15) is 30.0 Å². The molecule has 0 bridgehead atoms. The van der Waals surface area contributed by atoms with E-state index in [1.54, 1.807) is 36.4 Å². The van der Waals surface area contributed by atoms with Crippen LogP contribution in [0.3, 0.4) is 0 Å². The summed E-state index contributed by atoms with van der Waals surface area (Å²) in [5, 5.41) is 16.2. The highest BCUT2D eigenvalue weighted by molar-refractivity contribution is 6.24. The molecule has 4 aromatic rings. The van der Waals surface area contributed by atoms with Gasteiger partial charge in [-0.1, -0.05) is 6.07 Å². The summed E-state index contributed by atoms with van der Waals surface area (Å²) in [5.74, 6) is -5.80. The fourth-order valence-corrected chi connectivity index (χ4v) is 7.69. The van der Waals surface area contributed by atoms with Crippen molar-refractivity contribution in [2.45, 2.75) is 50.3 Å². The third-order valence-electron chi connectivity index (χ3n) is 11.0. The lowest BCUT2D eigenvalue weighted by Crippen LogP contribution is -2.54. The minimum atomic E-state index is -2.36. The summed E-state index contributed by atoms with van der Waals surface area (Å²) in [5.41, 5.74) is -0.578. The Bertz CT molecular complexity index is 2460. The van der Waals surface area contributed by atoms with Crippen molar-refractivity contribution in [1.82, 2.24) is 20.5 Å². The molecule has 6 amide bonds. The van der Waals surface area contributed by atoms with Gasteiger partial charge in [0, 0.05) is 61.6 Å². The average Bonchev–Trinajstić information content (AvgIpc) is 3.93. The second kappa shape index (κ2) is 21.0. The average molecular weight is 904 g/mol. The van der Waals surface area contributed by atoms with E-state index in [4.69, 9.17) is 23.7 Å². The highest BCUT2D eigenvalue weighted by Gasteiger charge is 2.52. The van der Waals surface area contributed by atoms with Crippen LogP contribution in [0, 0.1) is 11.6 Å². The van der Waals surface area contributed by atoms with Crippen molar-refractivity contribution in [3.05, 3.63) is 94.7 Å². The van der Waals surface area contributed by atoms with Gasteiger partial charge in [0.2, 0.25) is 17.4 Å². The number of carbonyl (C=O) groups excluding carboxylic acids is 7. The lowest BCUT2D eigenvalue weighted by molar-refractivity contribution is -0.149. The number of aromatic amines is 1. The van der Waals surface area contributed by atoms with Gasteiger partial charge in [-0.3, -0.25) is 43.8 Å². The number of imide groups is 2. The number of rotatable bonds is 23. The van der Waals surface area contributed by atoms with E-state index in [1.165, 1.54) is 11.0 Å². The van der Waals surface area contributed by atoms with E-state index in [-0.39, 0.29) is 86.8 Å². The van der Waals surface area contributed by atoms with Gasteiger partial charge >= 0.3 is 0 Å². The molecule has 3 aliphatic heterocycles. The van der Waals surface area contributed by atoms with E-state index in [9.17, 15) is 47.4 Å². The second-order valence-corrected chi connectivity index (χ2v) is 15.4. The van der Waals surface area contributed by atoms with Crippen LogP contribution in [-0.2, 0) is 44.7 Å². The fourth-order valence-electron chi connectivity index (χ4n) is 7.69. The molecule has 1 unspecified atom stereocenters. The number of Topliss-reactive ketones (excluding diaryl/α,β-unsaturated/α-hetero) is 1. The largest absolute Gasteiger partial charge is 0.490 e. The van der Waals surface area contributed by atoms with Gasteiger partial charge < -0.3 is 44.0 Å². The van der Waals surface area contributed by atoms with Crippen LogP contribution in [0.5, 0.6) is 5.75 Å². The zero-order valence-corrected chi connectivity index (χ0v) is 35.2. The van der Waals surface area contributed by atoms with Gasteiger partial charge in [-0.05, 0) is 66.9 Å². The molecular weight excluding hydrogens is 857 g/mol. The Morgan fingerprint density at radius 3 is 2.18 bits per heavy atom. The first-order valence-electron chi connectivity index (χ1n) is 21.1. The SMILES string of the molecule is O=C1CCC(N2C(=O)c3cccc(OCCOCCOCCOCCOCCCC(=O)c4cc5cc(N6CC[C@](O)(C(=O)NCc7cc(F)cc(F)c7)C6=O)ccc5[nH]4)c3C2=O)C(=O)N1. The Morgan fingerprint density at radius 2 is 1.49 bits per heavy atom. The van der Waals surface area contributed by atoms with Crippen LogP contribution < -0.4 is 20.3 Å². The lowest BCUT2D eigenvalue weighted by Gasteiger charge is -2.27. The number of fused-ring (bicyclic) bond motifs is 2. The number of aromatic nitrogens is 1. The normalized spacial score (nSPS) is 18.4. The number of nitrogens with zero attached hydrogens (tertiary/aromatic N) is 2. The monoisotopic (exact) mass is 903 g/mol. The number of hydrogen-bond donors (Lipinski definition) is 4. The van der Waals surface area contributed by atoms with E-state index < -0.39 is 58.7 Å². The van der Waals surface area contributed by atoms with Crippen LogP contribution in [0.1, 0.15) is 68.9 Å². The molecule has 3 aromatic carbocycles. The van der Waals surface area contributed by atoms with Gasteiger partial charge in [-0.2, -0.15) is 0 Å². The molecule has 3 aliphatic rings. The summed E-state index contributed by atoms with van der Waals surface area (Å²) in [4.78, 5) is 94.3. The zero-order valence-electron chi connectivity index (χ0n) is 35.2. The van der Waals surface area contributed by atoms with E-state index >= 15 is 0 Å². The van der Waals surface area contributed by atoms with Gasteiger partial charge in [-0.25, -0.2) is 8.78 Å². The van der Waals surface area contributed by atoms with Crippen molar-refractivity contribution in [3.8, 4) is 5.75 Å². The van der Waals surface area contributed by atoms with Gasteiger partial charge in [0.05, 0.1) is 63.1 Å². The molecule has 0 radical (unpaired) electrons. The molecule has 2 saturated heterocycles. The molecule has 7 rings (SSSR count). The first-order chi connectivity index (χ1) is 31.3. The standard InChI is InChI=1S/C45H47F2N5O13/c46-29-21-27(22-30(47)25-29)26-48-43(58)45(60)10-11-51(44(45)59)31-6-7-33-28(23-31)24-34(49-33)36(53)4-2-12-61-13-14-62-15-16-63-17-18-64-19-20-65-37-5-1-3-32-39(37)42(57)52(41(32)56)35-8-9-38(54)50-40(35)55/h1,3,5-7,21-25,35,49,60H,2,4,8-20,26H2,(H,48,58)(H,50,54,55)/t35?,45-/m0/s1. The maximum atomic E-state index is 13.5. The number of ketones is 1. The van der Waals surface area contributed by atoms with Crippen molar-refractivity contribution in [3.63, 3.8) is 0 Å². The summed E-state index contributed by atoms with van der Waals surface area (Å²) in [6, 6.07) is 13.0. The Morgan fingerprint density at radius 1 is 0.815 bits per heavy atom. The van der Waals surface area contributed by atoms with E-state index in [1.807, 2.05) is 0 Å². The number of halogens is 2. The van der Waals surface area contributed by atoms with Crippen molar-refractivity contribution >= 4 is 57.8 Å². The number of carbonyl (C=O) groups is 7. The predicted octanol–water partition coefficient (Wildman–Crippen LogP) is 2.74. The maximum Gasteiger partial charge on any atom is 0.268 e. The summed E-state index contributed by atoms with van der Waals surface area (Å²) in [7, 11) is 0. The summed E-state index contributed by atoms with van der Waals surface area (Å²) in [6.45, 7) is 2.26. The number of aliphatic hydroxyl groups is 1. The molecule has 18 nitrogen and oxygen atoms in total. The topological polar surface area (TPSA) is 232 Å². The number of H-pyrrole nitrogens is 1. The molecule has 2 fully saturated rings. The molecule has 1 aromatic heterocycles. The van der Waals surface area contributed by atoms with Crippen LogP contribution in [-0.4, -0.2) is 134 Å². The van der Waals surface area contributed by atoms with Gasteiger partial charge in [-0.15, -0.1) is 0 Å². The van der Waals surface area contributed by atoms with E-state index in [0.29, 0.717) is 74.4 Å². The first kappa shape index (κ1) is 46.5. The lowest BCUT2D eigenvalue weighted by atomic mass is 10.0. The molecule has 20 heteroatoms. The van der Waals surface area contributed by atoms with Gasteiger partial charge in [0.15, 0.2) is 5.78 Å². The number of hydrogen-bond acceptors (Lipinski definition) is 13. The Hall–Kier alpha value is -6.45. The summed E-state index contributed by atoms with van der Waals surface area (Å²) in [6.07, 6.45) is 0.580. The molecule has 0 aliphatic carbocycles. The summed E-state index contributed by atoms with van der Waals surface area (Å²) < 4.78 is 55.0. The van der Waals surface area contributed by atoms with Crippen LogP contribution in [0.4, 0.5) is 14.5 Å². The molecule has 344 valence electrons. The fraction of sp³-hybridized carbons (Fsp3) is 0.400. The highest BCUT2D eigenvalue weighted by Crippen LogP contribution is 2.34. The van der Waals surface area contributed by atoms with Crippen molar-refractivity contribution in [2.24, 2.45) is 0 Å². The van der Waals surface area contributed by atoms with Crippen LogP contribution in [0.25, 0.3) is 10.9 Å². The smallest absolute Gasteiger partial charge is 0.268 e. The number of nitrogens with one attached hydrogen (secondary N) is 3. The van der Waals surface area contributed by atoms with E-state index in [0.717, 1.165) is 17.0 Å². The van der Waals surface area contributed by atoms with Crippen LogP contribution in [0.15, 0.2) is 60.7 Å². The summed E-state index contributed by atoms with van der Waals surface area (Å²) >= 11 is 0. The number of piperidine rings is 1. The highest BCUT2D eigenvalue weighted by atomic mass is 19.1. The molecule has 4 N–H and O–H groups in total. The molecule has 0 saturated carbocycles. The number of benzene rings is 3. The molecule has 65 heavy (non-hydrogen) atoms. The Kier molecular flexibility index (Phi) is 15.1.